The van der Waals surface area contributed by atoms with Gasteiger partial charge in [0, 0.05) is 21.7 Å². The molecule has 4 nitrogen and oxygen atoms in total. The molecule has 0 radical (unpaired) electrons. The monoisotopic (exact) mass is 444 g/mol. The first-order valence-corrected chi connectivity index (χ1v) is 9.26. The molecule has 0 aliphatic carbocycles. The molecule has 2 heterocycles. The smallest absolute Gasteiger partial charge is 0.302 e. The predicted octanol–water partition coefficient (Wildman–Crippen LogP) is 3.36. The second-order valence-electron chi connectivity index (χ2n) is 5.80. The van der Waals surface area contributed by atoms with E-state index < -0.39 is 48.5 Å². The van der Waals surface area contributed by atoms with Crippen LogP contribution in [-0.4, -0.2) is 46.8 Å². The van der Waals surface area contributed by atoms with Gasteiger partial charge in [-0.2, -0.15) is 0 Å². The molecule has 2 unspecified atom stereocenters. The van der Waals surface area contributed by atoms with Crippen molar-refractivity contribution in [2.45, 2.75) is 77.2 Å². The van der Waals surface area contributed by atoms with Gasteiger partial charge in [-0.3, -0.25) is 0 Å². The quantitative estimate of drug-likeness (QED) is 0.389. The van der Waals surface area contributed by atoms with Crippen LogP contribution >= 0.6 is 8.02 Å². The Kier molecular flexibility index (Phi) is 13.0. The van der Waals surface area contributed by atoms with E-state index >= 15 is 0 Å². The second kappa shape index (κ2) is 11.6. The number of hydrogen-bond acceptors (Lipinski definition) is 5. The zero-order valence-corrected chi connectivity index (χ0v) is 17.9. The molecule has 2 aliphatic rings. The predicted molar refractivity (Wildman–Crippen MR) is 86.2 cm³/mol. The maximum Gasteiger partial charge on any atom is 0.302 e. The normalized spacial score (nSPS) is 37.8. The Morgan fingerprint density at radius 3 is 1.16 bits per heavy atom. The summed E-state index contributed by atoms with van der Waals surface area (Å²) < 4.78 is 60.5. The fourth-order valence-electron chi connectivity index (χ4n) is 2.59. The van der Waals surface area contributed by atoms with E-state index in [0.29, 0.717) is 12.8 Å². The molecule has 0 amide bonds. The average Bonchev–Trinajstić information content (AvgIpc) is 2.88. The molecule has 0 aromatic heterocycles. The summed E-state index contributed by atoms with van der Waals surface area (Å²) in [6.07, 6.45) is -3.84. The topological polar surface area (TPSA) is 58.9 Å². The maximum absolute atomic E-state index is 12.8. The second-order valence-corrected chi connectivity index (χ2v) is 5.80. The van der Waals surface area contributed by atoms with E-state index in [2.05, 4.69) is 29.3 Å². The first kappa shape index (κ1) is 28.0. The van der Waals surface area contributed by atoms with Crippen molar-refractivity contribution in [1.29, 1.82) is 0 Å². The van der Waals surface area contributed by atoms with Crippen molar-refractivity contribution < 1.29 is 59.0 Å². The molecule has 0 saturated carbocycles. The summed E-state index contributed by atoms with van der Waals surface area (Å²) in [6, 6.07) is 0. The third-order valence-corrected chi connectivity index (χ3v) is 4.40. The van der Waals surface area contributed by atoms with Crippen LogP contribution in [0.25, 0.3) is 0 Å². The third kappa shape index (κ3) is 6.42. The van der Waals surface area contributed by atoms with Crippen molar-refractivity contribution in [3.63, 3.8) is 0 Å². The van der Waals surface area contributed by atoms with Gasteiger partial charge in [-0.05, 0) is 20.9 Å². The Morgan fingerprint density at radius 2 is 1.08 bits per heavy atom. The minimum absolute atomic E-state index is 0. The van der Waals surface area contributed by atoms with Crippen LogP contribution in [0.4, 0.5) is 17.6 Å². The van der Waals surface area contributed by atoms with Gasteiger partial charge in [-0.25, -0.2) is 17.6 Å². The zero-order valence-electron chi connectivity index (χ0n) is 14.5. The Labute approximate surface area is 167 Å². The first-order chi connectivity index (χ1) is 11.0. The Hall–Kier alpha value is 0.794. The molecule has 0 spiro atoms. The van der Waals surface area contributed by atoms with Gasteiger partial charge in [-0.15, -0.1) is 0 Å². The van der Waals surface area contributed by atoms with Crippen molar-refractivity contribution in [2.75, 3.05) is 0 Å². The Morgan fingerprint density at radius 1 is 0.840 bits per heavy atom. The molecule has 25 heavy (non-hydrogen) atoms. The van der Waals surface area contributed by atoms with Crippen LogP contribution in [0.5, 0.6) is 0 Å². The molecule has 11 heteroatoms. The molecule has 2 aliphatic heterocycles. The van der Waals surface area contributed by atoms with E-state index in [1.54, 1.807) is 13.8 Å². The SMILES string of the molecule is CC[C@H]1OC(O)C(F)(F)[C@@H]1C.CC[C@H]1OC(O)C(F)(F)[C@@H]1C.P=S.[Ti]. The number of hydrogen-bond donors (Lipinski definition) is 2. The molecule has 0 bridgehead atoms. The molecule has 6 atom stereocenters. The third-order valence-electron chi connectivity index (χ3n) is 4.40. The molecule has 0 aromatic carbocycles. The Bertz CT molecular complexity index is 364. The summed E-state index contributed by atoms with van der Waals surface area (Å²) >= 11 is 3.89. The molecular weight excluding hydrogens is 419 g/mol. The van der Waals surface area contributed by atoms with Crippen molar-refractivity contribution in [3.05, 3.63) is 0 Å². The maximum atomic E-state index is 12.8. The Balaban J connectivity index is 0. The minimum Gasteiger partial charge on any atom is -0.363 e. The standard InChI is InChI=1S/2C7H12F2O2.HPS.Ti/c2*1-3-5-4(2)7(8,9)6(10)11-5;1-2;/h2*4-6,10H,3H2,1-2H3;1H;/t2*4-,5-,6?;;/m11../s1. The number of aliphatic hydroxyl groups is 2. The van der Waals surface area contributed by atoms with Crippen molar-refractivity contribution in [2.24, 2.45) is 11.8 Å². The van der Waals surface area contributed by atoms with Crippen LogP contribution in [0.2, 0.25) is 0 Å². The van der Waals surface area contributed by atoms with Gasteiger partial charge in [0.25, 0.3) is 0 Å². The van der Waals surface area contributed by atoms with Crippen LogP contribution in [0.1, 0.15) is 40.5 Å². The molecule has 2 fully saturated rings. The summed E-state index contributed by atoms with van der Waals surface area (Å²) in [6.45, 7) is 6.30. The summed E-state index contributed by atoms with van der Waals surface area (Å²) in [4.78, 5) is 0. The van der Waals surface area contributed by atoms with Gasteiger partial charge in [0.05, 0.1) is 24.0 Å². The van der Waals surface area contributed by atoms with E-state index in [-0.39, 0.29) is 21.7 Å². The van der Waals surface area contributed by atoms with Gasteiger partial charge in [-0.1, -0.05) is 39.5 Å². The van der Waals surface area contributed by atoms with E-state index in [9.17, 15) is 17.6 Å². The summed E-state index contributed by atoms with van der Waals surface area (Å²) in [5.74, 6) is -7.94. The van der Waals surface area contributed by atoms with Crippen molar-refractivity contribution in [1.82, 2.24) is 0 Å². The molecule has 148 valence electrons. The van der Waals surface area contributed by atoms with Gasteiger partial charge in [0.2, 0.25) is 12.6 Å². The summed E-state index contributed by atoms with van der Waals surface area (Å²) in [5.41, 5.74) is 0. The number of alkyl halides is 4. The van der Waals surface area contributed by atoms with E-state index in [1.165, 1.54) is 13.8 Å². The minimum atomic E-state index is -3.08. The number of halogens is 4. The van der Waals surface area contributed by atoms with Crippen molar-refractivity contribution in [3.8, 4) is 0 Å². The molecule has 2 N–H and O–H groups in total. The van der Waals surface area contributed by atoms with E-state index in [0.717, 1.165) is 0 Å². The summed E-state index contributed by atoms with van der Waals surface area (Å²) in [7, 11) is 2.56. The first-order valence-electron chi connectivity index (χ1n) is 7.63. The van der Waals surface area contributed by atoms with Gasteiger partial charge in [0.15, 0.2) is 0 Å². The number of aliphatic hydroxyl groups excluding tert-OH is 2. The molecular formula is C14H25F4O4PSTi. The van der Waals surface area contributed by atoms with Crippen LogP contribution < -0.4 is 0 Å². The van der Waals surface area contributed by atoms with Gasteiger partial charge < -0.3 is 19.7 Å². The zero-order chi connectivity index (χ0) is 19.3. The van der Waals surface area contributed by atoms with Crippen LogP contribution in [-0.2, 0) is 43.0 Å². The largest absolute Gasteiger partial charge is 0.363 e. The number of ether oxygens (including phenoxy) is 2. The number of rotatable bonds is 2. The van der Waals surface area contributed by atoms with E-state index in [4.69, 9.17) is 10.2 Å². The van der Waals surface area contributed by atoms with Gasteiger partial charge >= 0.3 is 11.8 Å². The van der Waals surface area contributed by atoms with Crippen molar-refractivity contribution >= 4 is 19.8 Å². The van der Waals surface area contributed by atoms with Crippen LogP contribution in [0.15, 0.2) is 0 Å². The fraction of sp³-hybridized carbons (Fsp3) is 1.00. The average molecular weight is 444 g/mol. The summed E-state index contributed by atoms with van der Waals surface area (Å²) in [5, 5.41) is 17.5. The van der Waals surface area contributed by atoms with E-state index in [1.807, 2.05) is 0 Å². The van der Waals surface area contributed by atoms with Crippen LogP contribution in [0.3, 0.4) is 0 Å². The molecule has 2 rings (SSSR count). The molecule has 2 saturated heterocycles. The molecule has 0 aromatic rings. The van der Waals surface area contributed by atoms with Crippen LogP contribution in [0, 0.1) is 11.8 Å². The van der Waals surface area contributed by atoms with Gasteiger partial charge in [0.1, 0.15) is 0 Å². The fourth-order valence-corrected chi connectivity index (χ4v) is 2.59.